The summed E-state index contributed by atoms with van der Waals surface area (Å²) < 4.78 is 19.7. The van der Waals surface area contributed by atoms with E-state index < -0.39 is 17.4 Å². The van der Waals surface area contributed by atoms with Gasteiger partial charge >= 0.3 is 0 Å². The van der Waals surface area contributed by atoms with Crippen LogP contribution in [0.4, 0.5) is 4.39 Å². The van der Waals surface area contributed by atoms with Crippen LogP contribution in [0.15, 0.2) is 53.1 Å². The molecule has 0 saturated carbocycles. The number of benzene rings is 1. The topological polar surface area (TPSA) is 109 Å². The highest BCUT2D eigenvalue weighted by molar-refractivity contribution is 6.01. The molecule has 10 heteroatoms. The van der Waals surface area contributed by atoms with Gasteiger partial charge in [-0.1, -0.05) is 12.1 Å². The van der Waals surface area contributed by atoms with E-state index in [9.17, 15) is 18.8 Å². The quantitative estimate of drug-likeness (QED) is 0.567. The Bertz CT molecular complexity index is 1170. The first-order valence-electron chi connectivity index (χ1n) is 10.5. The maximum Gasteiger partial charge on any atom is 0.272 e. The van der Waals surface area contributed by atoms with Gasteiger partial charge in [0, 0.05) is 32.6 Å². The van der Waals surface area contributed by atoms with Gasteiger partial charge in [-0.05, 0) is 36.8 Å². The summed E-state index contributed by atoms with van der Waals surface area (Å²) in [5.41, 5.74) is -0.158. The van der Waals surface area contributed by atoms with Crippen LogP contribution in [0.1, 0.15) is 39.2 Å². The van der Waals surface area contributed by atoms with Gasteiger partial charge in [0.2, 0.25) is 5.91 Å². The molecule has 9 nitrogen and oxygen atoms in total. The number of nitrogens with one attached hydrogen (secondary N) is 2. The van der Waals surface area contributed by atoms with Gasteiger partial charge in [-0.15, -0.1) is 0 Å². The monoisotopic (exact) mass is 453 g/mol. The number of fused-ring (bicyclic) bond motifs is 1. The van der Waals surface area contributed by atoms with Gasteiger partial charge in [0.1, 0.15) is 22.8 Å². The highest BCUT2D eigenvalue weighted by Gasteiger charge is 2.46. The maximum absolute atomic E-state index is 13.1. The molecule has 1 aliphatic rings. The summed E-state index contributed by atoms with van der Waals surface area (Å²) in [6, 6.07) is 10.8. The van der Waals surface area contributed by atoms with E-state index in [0.29, 0.717) is 13.0 Å². The van der Waals surface area contributed by atoms with E-state index in [1.54, 1.807) is 38.4 Å². The van der Waals surface area contributed by atoms with Crippen LogP contribution in [0.5, 0.6) is 0 Å². The molecule has 33 heavy (non-hydrogen) atoms. The molecule has 172 valence electrons. The van der Waals surface area contributed by atoms with Crippen LogP contribution in [-0.4, -0.2) is 51.5 Å². The molecule has 0 radical (unpaired) electrons. The molecule has 2 N–H and O–H groups in total. The van der Waals surface area contributed by atoms with E-state index in [0.717, 1.165) is 11.3 Å². The predicted octanol–water partition coefficient (Wildman–Crippen LogP) is 1.75. The first-order valence-corrected chi connectivity index (χ1v) is 10.5. The van der Waals surface area contributed by atoms with Gasteiger partial charge in [-0.2, -0.15) is 5.10 Å². The van der Waals surface area contributed by atoms with Crippen LogP contribution in [0, 0.1) is 5.82 Å². The number of hydrogen-bond donors (Lipinski definition) is 2. The molecule has 0 fully saturated rings. The van der Waals surface area contributed by atoms with Gasteiger partial charge in [-0.25, -0.2) is 4.39 Å². The van der Waals surface area contributed by atoms with Crippen molar-refractivity contribution >= 4 is 17.7 Å². The molecule has 3 amide bonds. The zero-order valence-corrected chi connectivity index (χ0v) is 18.3. The molecule has 1 aromatic carbocycles. The molecule has 4 rings (SSSR count). The number of halogens is 1. The smallest absolute Gasteiger partial charge is 0.272 e. The molecular formula is C23H24FN5O4. The SMILES string of the molecule is CN1C(=O)c2cc(C(=O)NCCc3ccco3)nn2C[C@]1(C)C(=O)NCc1ccc(F)cc1. The largest absolute Gasteiger partial charge is 0.469 e. The standard InChI is InChI=1S/C23H24FN5O4/c1-23(22(32)26-13-15-5-7-16(24)8-6-15)14-29-19(21(31)28(23)2)12-18(27-29)20(30)25-10-9-17-4-3-11-33-17/h3-8,11-12H,9-10,13-14H2,1-2H3,(H,25,30)(H,26,32)/t23-/m1/s1. The van der Waals surface area contributed by atoms with E-state index in [2.05, 4.69) is 15.7 Å². The fourth-order valence-electron chi connectivity index (χ4n) is 3.66. The van der Waals surface area contributed by atoms with Crippen molar-refractivity contribution in [3.63, 3.8) is 0 Å². The fourth-order valence-corrected chi connectivity index (χ4v) is 3.66. The summed E-state index contributed by atoms with van der Waals surface area (Å²) >= 11 is 0. The number of hydrogen-bond acceptors (Lipinski definition) is 5. The van der Waals surface area contributed by atoms with E-state index >= 15 is 0 Å². The third-order valence-corrected chi connectivity index (χ3v) is 5.83. The second-order valence-electron chi connectivity index (χ2n) is 8.10. The molecular weight excluding hydrogens is 429 g/mol. The number of nitrogens with zero attached hydrogens (tertiary/aromatic N) is 3. The molecule has 0 bridgehead atoms. The summed E-state index contributed by atoms with van der Waals surface area (Å²) in [6.07, 6.45) is 2.09. The van der Waals surface area contributed by atoms with Gasteiger partial charge in [-0.3, -0.25) is 19.1 Å². The molecule has 1 atom stereocenters. The highest BCUT2D eigenvalue weighted by Crippen LogP contribution is 2.26. The van der Waals surface area contributed by atoms with Crippen molar-refractivity contribution < 1.29 is 23.2 Å². The number of carbonyl (C=O) groups excluding carboxylic acids is 3. The number of furan rings is 1. The lowest BCUT2D eigenvalue weighted by Crippen LogP contribution is -2.62. The van der Waals surface area contributed by atoms with E-state index in [1.807, 2.05) is 6.07 Å². The summed E-state index contributed by atoms with van der Waals surface area (Å²) in [6.45, 7) is 2.26. The molecule has 3 aromatic rings. The molecule has 3 heterocycles. The summed E-state index contributed by atoms with van der Waals surface area (Å²) in [5.74, 6) is -0.821. The molecule has 2 aromatic heterocycles. The zero-order chi connectivity index (χ0) is 23.6. The van der Waals surface area contributed by atoms with Crippen LogP contribution in [-0.2, 0) is 24.3 Å². The Morgan fingerprint density at radius 1 is 1.21 bits per heavy atom. The Labute approximate surface area is 189 Å². The van der Waals surface area contributed by atoms with Crippen molar-refractivity contribution in [2.75, 3.05) is 13.6 Å². The van der Waals surface area contributed by atoms with Crippen molar-refractivity contribution in [3.8, 4) is 0 Å². The number of aromatic nitrogens is 2. The van der Waals surface area contributed by atoms with Crippen LogP contribution < -0.4 is 10.6 Å². The Morgan fingerprint density at radius 3 is 2.67 bits per heavy atom. The first kappa shape index (κ1) is 22.3. The average molecular weight is 453 g/mol. The minimum Gasteiger partial charge on any atom is -0.469 e. The lowest BCUT2D eigenvalue weighted by atomic mass is 9.96. The fraction of sp³-hybridized carbons (Fsp3) is 0.304. The lowest BCUT2D eigenvalue weighted by Gasteiger charge is -2.40. The van der Waals surface area contributed by atoms with Crippen LogP contribution in [0.25, 0.3) is 0 Å². The Kier molecular flexibility index (Phi) is 5.99. The van der Waals surface area contributed by atoms with Gasteiger partial charge in [0.15, 0.2) is 5.69 Å². The zero-order valence-electron chi connectivity index (χ0n) is 18.3. The van der Waals surface area contributed by atoms with E-state index in [1.165, 1.54) is 27.8 Å². The highest BCUT2D eigenvalue weighted by atomic mass is 19.1. The minimum atomic E-state index is -1.22. The van der Waals surface area contributed by atoms with Crippen molar-refractivity contribution in [3.05, 3.63) is 77.3 Å². The number of amides is 3. The molecule has 0 spiro atoms. The minimum absolute atomic E-state index is 0.0828. The van der Waals surface area contributed by atoms with Gasteiger partial charge in [0.05, 0.1) is 12.8 Å². The number of likely N-dealkylation sites (N-methyl/N-ethyl adjacent to an activating group) is 1. The molecule has 1 aliphatic heterocycles. The van der Waals surface area contributed by atoms with Crippen LogP contribution in [0.2, 0.25) is 0 Å². The van der Waals surface area contributed by atoms with E-state index in [-0.39, 0.29) is 36.2 Å². The third kappa shape index (κ3) is 4.50. The van der Waals surface area contributed by atoms with Gasteiger partial charge in [0.25, 0.3) is 11.8 Å². The Hall–Kier alpha value is -3.95. The number of rotatable bonds is 7. The molecule has 0 unspecified atom stereocenters. The van der Waals surface area contributed by atoms with Crippen molar-refractivity contribution in [1.82, 2.24) is 25.3 Å². The summed E-state index contributed by atoms with van der Waals surface area (Å²) in [7, 11) is 1.54. The second kappa shape index (κ2) is 8.89. The first-order chi connectivity index (χ1) is 15.8. The Balaban J connectivity index is 1.43. The van der Waals surface area contributed by atoms with E-state index in [4.69, 9.17) is 4.42 Å². The number of carbonyl (C=O) groups is 3. The average Bonchev–Trinajstić information content (AvgIpc) is 3.47. The van der Waals surface area contributed by atoms with Crippen molar-refractivity contribution in [2.45, 2.75) is 32.0 Å². The van der Waals surface area contributed by atoms with Crippen LogP contribution in [0.3, 0.4) is 0 Å². The van der Waals surface area contributed by atoms with Crippen molar-refractivity contribution in [2.24, 2.45) is 0 Å². The predicted molar refractivity (Wildman–Crippen MR) is 116 cm³/mol. The normalized spacial score (nSPS) is 17.5. The second-order valence-corrected chi connectivity index (χ2v) is 8.10. The molecule has 0 saturated heterocycles. The summed E-state index contributed by atoms with van der Waals surface area (Å²) in [5, 5.41) is 9.82. The van der Waals surface area contributed by atoms with Crippen molar-refractivity contribution in [1.29, 1.82) is 0 Å². The van der Waals surface area contributed by atoms with Gasteiger partial charge < -0.3 is 20.0 Å². The third-order valence-electron chi connectivity index (χ3n) is 5.83. The summed E-state index contributed by atoms with van der Waals surface area (Å²) in [4.78, 5) is 39.8. The maximum atomic E-state index is 13.1. The van der Waals surface area contributed by atoms with Crippen LogP contribution >= 0.6 is 0 Å². The Morgan fingerprint density at radius 2 is 1.97 bits per heavy atom. The molecule has 0 aliphatic carbocycles. The lowest BCUT2D eigenvalue weighted by molar-refractivity contribution is -0.132.